The lowest BCUT2D eigenvalue weighted by Crippen LogP contribution is -2.38. The second kappa shape index (κ2) is 8.82. The monoisotopic (exact) mass is 400 g/mol. The summed E-state index contributed by atoms with van der Waals surface area (Å²) in [5.41, 5.74) is 3.59. The zero-order chi connectivity index (χ0) is 20.9. The van der Waals surface area contributed by atoms with Gasteiger partial charge in [0.25, 0.3) is 5.91 Å². The number of likely N-dealkylation sites (N-methyl/N-ethyl adjacent to an activating group) is 1. The minimum atomic E-state index is -0.0770. The number of rotatable bonds is 6. The third kappa shape index (κ3) is 4.20. The molecule has 2 amide bonds. The van der Waals surface area contributed by atoms with Crippen LogP contribution in [0.4, 0.5) is 11.4 Å². The Morgan fingerprint density at radius 2 is 1.63 bits per heavy atom. The van der Waals surface area contributed by atoms with E-state index >= 15 is 0 Å². The largest absolute Gasteiger partial charge is 0.481 e. The van der Waals surface area contributed by atoms with E-state index < -0.39 is 0 Å². The Morgan fingerprint density at radius 1 is 1.00 bits per heavy atom. The molecule has 0 spiro atoms. The van der Waals surface area contributed by atoms with Crippen LogP contribution in [0.25, 0.3) is 0 Å². The maximum absolute atomic E-state index is 12.9. The molecule has 0 saturated heterocycles. The van der Waals surface area contributed by atoms with Crippen molar-refractivity contribution in [3.63, 3.8) is 0 Å². The van der Waals surface area contributed by atoms with E-state index in [1.54, 1.807) is 17.0 Å². The third-order valence-electron chi connectivity index (χ3n) is 5.30. The highest BCUT2D eigenvalue weighted by molar-refractivity contribution is 5.99. The molecule has 3 aromatic carbocycles. The van der Waals surface area contributed by atoms with Crippen molar-refractivity contribution in [1.82, 2.24) is 0 Å². The van der Waals surface area contributed by atoms with E-state index in [4.69, 9.17) is 4.74 Å². The van der Waals surface area contributed by atoms with E-state index in [2.05, 4.69) is 5.32 Å². The summed E-state index contributed by atoms with van der Waals surface area (Å²) in [7, 11) is 0. The molecule has 1 aliphatic rings. The van der Waals surface area contributed by atoms with Crippen LogP contribution in [0, 0.1) is 0 Å². The second-order valence-electron chi connectivity index (χ2n) is 7.24. The fraction of sp³-hybridized carbons (Fsp3) is 0.200. The molecule has 4 rings (SSSR count). The Balaban J connectivity index is 1.52. The normalized spacial score (nSPS) is 13.0. The van der Waals surface area contributed by atoms with Crippen LogP contribution in [0.2, 0.25) is 0 Å². The number of carbonyl (C=O) groups excluding carboxylic acids is 2. The molecule has 1 aliphatic heterocycles. The van der Waals surface area contributed by atoms with Gasteiger partial charge < -0.3 is 15.0 Å². The average molecular weight is 400 g/mol. The van der Waals surface area contributed by atoms with Gasteiger partial charge in [-0.2, -0.15) is 0 Å². The summed E-state index contributed by atoms with van der Waals surface area (Å²) in [6.45, 7) is 2.52. The maximum atomic E-state index is 12.9. The number of carbonyl (C=O) groups is 2. The van der Waals surface area contributed by atoms with Gasteiger partial charge in [0, 0.05) is 30.6 Å². The maximum Gasteiger partial charge on any atom is 0.265 e. The number of nitrogens with zero attached hydrogens (tertiary/aromatic N) is 1. The fourth-order valence-corrected chi connectivity index (χ4v) is 3.83. The molecule has 0 atom stereocenters. The van der Waals surface area contributed by atoms with Gasteiger partial charge in [0.15, 0.2) is 6.61 Å². The molecular formula is C25H24N2O3. The number of ether oxygens (including phenoxy) is 1. The van der Waals surface area contributed by atoms with Gasteiger partial charge in [0.05, 0.1) is 5.69 Å². The predicted octanol–water partition coefficient (Wildman–Crippen LogP) is 4.59. The van der Waals surface area contributed by atoms with Crippen molar-refractivity contribution >= 4 is 23.2 Å². The number of nitrogens with one attached hydrogen (secondary N) is 1. The van der Waals surface area contributed by atoms with Crippen molar-refractivity contribution in [3.8, 4) is 5.75 Å². The van der Waals surface area contributed by atoms with Crippen molar-refractivity contribution < 1.29 is 14.3 Å². The standard InChI is InChI=1S/C25H24N2O3/c1-2-27-22-14-13-20(15-23(22)30-17-25(27)29)26-24(28)16-21(18-9-5-3-6-10-18)19-11-7-4-8-12-19/h3-15,21H,2,16-17H2,1H3,(H,26,28). The van der Waals surface area contributed by atoms with Gasteiger partial charge in [-0.1, -0.05) is 60.7 Å². The van der Waals surface area contributed by atoms with Crippen molar-refractivity contribution in [2.75, 3.05) is 23.4 Å². The highest BCUT2D eigenvalue weighted by atomic mass is 16.5. The van der Waals surface area contributed by atoms with Gasteiger partial charge in [-0.25, -0.2) is 0 Å². The Hall–Kier alpha value is -3.60. The quantitative estimate of drug-likeness (QED) is 0.658. The van der Waals surface area contributed by atoms with Gasteiger partial charge >= 0.3 is 0 Å². The smallest absolute Gasteiger partial charge is 0.265 e. The number of hydrogen-bond donors (Lipinski definition) is 1. The van der Waals surface area contributed by atoms with Crippen LogP contribution in [-0.2, 0) is 9.59 Å². The van der Waals surface area contributed by atoms with Crippen molar-refractivity contribution in [3.05, 3.63) is 90.0 Å². The minimum Gasteiger partial charge on any atom is -0.481 e. The summed E-state index contributed by atoms with van der Waals surface area (Å²) in [5, 5.41) is 2.98. The lowest BCUT2D eigenvalue weighted by Gasteiger charge is -2.28. The number of benzene rings is 3. The first-order chi connectivity index (χ1) is 14.7. The molecule has 0 radical (unpaired) electrons. The summed E-state index contributed by atoms with van der Waals surface area (Å²) >= 11 is 0. The molecule has 30 heavy (non-hydrogen) atoms. The Morgan fingerprint density at radius 3 is 2.23 bits per heavy atom. The van der Waals surface area contributed by atoms with Gasteiger partial charge in [0.2, 0.25) is 5.91 Å². The minimum absolute atomic E-state index is 0.0162. The molecule has 1 N–H and O–H groups in total. The zero-order valence-electron chi connectivity index (χ0n) is 16.9. The van der Waals surface area contributed by atoms with Gasteiger partial charge in [-0.05, 0) is 30.2 Å². The lowest BCUT2D eigenvalue weighted by atomic mass is 9.88. The van der Waals surface area contributed by atoms with Crippen LogP contribution in [0.1, 0.15) is 30.4 Å². The number of hydrogen-bond acceptors (Lipinski definition) is 3. The van der Waals surface area contributed by atoms with Gasteiger partial charge in [-0.15, -0.1) is 0 Å². The number of anilines is 2. The van der Waals surface area contributed by atoms with E-state index in [1.807, 2.05) is 73.7 Å². The summed E-state index contributed by atoms with van der Waals surface area (Å²) in [6.07, 6.45) is 0.325. The van der Waals surface area contributed by atoms with Crippen molar-refractivity contribution in [2.45, 2.75) is 19.3 Å². The SMILES string of the molecule is CCN1C(=O)COc2cc(NC(=O)CC(c3ccccc3)c3ccccc3)ccc21. The number of fused-ring (bicyclic) bond motifs is 1. The van der Waals surface area contributed by atoms with E-state index in [9.17, 15) is 9.59 Å². The molecule has 0 unspecified atom stereocenters. The average Bonchev–Trinajstić information content (AvgIpc) is 2.79. The van der Waals surface area contributed by atoms with Crippen LogP contribution < -0.4 is 15.0 Å². The van der Waals surface area contributed by atoms with Gasteiger partial charge in [-0.3, -0.25) is 9.59 Å². The van der Waals surface area contributed by atoms with Crippen LogP contribution in [-0.4, -0.2) is 25.0 Å². The molecule has 152 valence electrons. The Labute approximate surface area is 176 Å². The molecule has 0 fully saturated rings. The molecule has 0 saturated carbocycles. The zero-order valence-corrected chi connectivity index (χ0v) is 16.9. The predicted molar refractivity (Wildman–Crippen MR) is 118 cm³/mol. The first kappa shape index (κ1) is 19.7. The fourth-order valence-electron chi connectivity index (χ4n) is 3.83. The summed E-state index contributed by atoms with van der Waals surface area (Å²) in [6, 6.07) is 25.5. The first-order valence-electron chi connectivity index (χ1n) is 10.1. The third-order valence-corrected chi connectivity index (χ3v) is 5.30. The van der Waals surface area contributed by atoms with Crippen LogP contribution >= 0.6 is 0 Å². The first-order valence-corrected chi connectivity index (χ1v) is 10.1. The van der Waals surface area contributed by atoms with Crippen molar-refractivity contribution in [2.24, 2.45) is 0 Å². The number of amides is 2. The Bertz CT molecular complexity index is 995. The summed E-state index contributed by atoms with van der Waals surface area (Å²) in [5.74, 6) is 0.439. The van der Waals surface area contributed by atoms with E-state index in [-0.39, 0.29) is 24.3 Å². The van der Waals surface area contributed by atoms with Gasteiger partial charge in [0.1, 0.15) is 5.75 Å². The highest BCUT2D eigenvalue weighted by Gasteiger charge is 2.25. The molecule has 0 aliphatic carbocycles. The van der Waals surface area contributed by atoms with E-state index in [1.165, 1.54) is 0 Å². The molecule has 5 heteroatoms. The molecule has 0 bridgehead atoms. The molecule has 3 aromatic rings. The molecule has 0 aromatic heterocycles. The van der Waals surface area contributed by atoms with E-state index in [0.717, 1.165) is 16.8 Å². The Kier molecular flexibility index (Phi) is 5.80. The molecule has 5 nitrogen and oxygen atoms in total. The lowest BCUT2D eigenvalue weighted by molar-refractivity contribution is -0.121. The van der Waals surface area contributed by atoms with Crippen molar-refractivity contribution in [1.29, 1.82) is 0 Å². The van der Waals surface area contributed by atoms with Crippen LogP contribution in [0.3, 0.4) is 0 Å². The topological polar surface area (TPSA) is 58.6 Å². The van der Waals surface area contributed by atoms with Crippen LogP contribution in [0.5, 0.6) is 5.75 Å². The summed E-state index contributed by atoms with van der Waals surface area (Å²) in [4.78, 5) is 26.6. The highest BCUT2D eigenvalue weighted by Crippen LogP contribution is 2.35. The summed E-state index contributed by atoms with van der Waals surface area (Å²) < 4.78 is 5.57. The molecular weight excluding hydrogens is 376 g/mol. The van der Waals surface area contributed by atoms with Crippen LogP contribution in [0.15, 0.2) is 78.9 Å². The van der Waals surface area contributed by atoms with E-state index in [0.29, 0.717) is 24.4 Å². The second-order valence-corrected chi connectivity index (χ2v) is 7.24. The molecule has 1 heterocycles.